The Labute approximate surface area is 117 Å². The van der Waals surface area contributed by atoms with Crippen molar-refractivity contribution >= 4 is 5.95 Å². The minimum Gasteiger partial charge on any atom is -0.342 e. The summed E-state index contributed by atoms with van der Waals surface area (Å²) in [6.07, 6.45) is 4.58. The van der Waals surface area contributed by atoms with E-state index in [2.05, 4.69) is 21.8 Å². The van der Waals surface area contributed by atoms with Crippen LogP contribution in [0.15, 0.2) is 35.4 Å². The molecule has 1 aliphatic rings. The summed E-state index contributed by atoms with van der Waals surface area (Å²) in [6, 6.07) is 5.33. The fraction of sp³-hybridized carbons (Fsp3) is 0.400. The van der Waals surface area contributed by atoms with Crippen LogP contribution in [0.25, 0.3) is 11.3 Å². The number of hydrogen-bond donors (Lipinski definition) is 0. The molecule has 0 bridgehead atoms. The van der Waals surface area contributed by atoms with Crippen LogP contribution in [0.5, 0.6) is 0 Å². The van der Waals surface area contributed by atoms with Crippen LogP contribution in [0.4, 0.5) is 5.95 Å². The SMILES string of the molecule is C[C@@H]1CCN(c2nc(-c3ccncc3)cc(=O)n2C)C1. The van der Waals surface area contributed by atoms with Gasteiger partial charge in [-0.25, -0.2) is 4.98 Å². The smallest absolute Gasteiger partial charge is 0.255 e. The maximum absolute atomic E-state index is 12.2. The number of anilines is 1. The predicted octanol–water partition coefficient (Wildman–Crippen LogP) is 1.69. The number of rotatable bonds is 2. The maximum atomic E-state index is 12.2. The van der Waals surface area contributed by atoms with Crippen molar-refractivity contribution in [1.29, 1.82) is 0 Å². The van der Waals surface area contributed by atoms with E-state index in [0.29, 0.717) is 11.6 Å². The molecule has 1 atom stereocenters. The Kier molecular flexibility index (Phi) is 3.26. The first-order valence-corrected chi connectivity index (χ1v) is 6.88. The van der Waals surface area contributed by atoms with Gasteiger partial charge in [-0.05, 0) is 24.5 Å². The zero-order valence-corrected chi connectivity index (χ0v) is 11.8. The molecule has 0 aromatic carbocycles. The molecule has 5 heteroatoms. The lowest BCUT2D eigenvalue weighted by Gasteiger charge is -2.20. The summed E-state index contributed by atoms with van der Waals surface area (Å²) in [7, 11) is 1.78. The number of aromatic nitrogens is 3. The highest BCUT2D eigenvalue weighted by molar-refractivity contribution is 5.59. The molecule has 0 saturated carbocycles. The molecule has 1 aliphatic heterocycles. The highest BCUT2D eigenvalue weighted by Crippen LogP contribution is 2.23. The summed E-state index contributed by atoms with van der Waals surface area (Å²) in [5.41, 5.74) is 1.61. The molecule has 20 heavy (non-hydrogen) atoms. The summed E-state index contributed by atoms with van der Waals surface area (Å²) in [6.45, 7) is 4.14. The molecule has 0 amide bonds. The van der Waals surface area contributed by atoms with Crippen molar-refractivity contribution in [3.8, 4) is 11.3 Å². The molecule has 0 radical (unpaired) electrons. The molecule has 2 aromatic heterocycles. The molecule has 3 heterocycles. The average Bonchev–Trinajstić information content (AvgIpc) is 2.89. The van der Waals surface area contributed by atoms with E-state index in [1.54, 1.807) is 30.1 Å². The van der Waals surface area contributed by atoms with E-state index in [0.717, 1.165) is 31.0 Å². The van der Waals surface area contributed by atoms with Gasteiger partial charge in [0.25, 0.3) is 5.56 Å². The second-order valence-electron chi connectivity index (χ2n) is 5.41. The maximum Gasteiger partial charge on any atom is 0.255 e. The molecule has 0 aliphatic carbocycles. The Hall–Kier alpha value is -2.17. The van der Waals surface area contributed by atoms with E-state index in [-0.39, 0.29) is 5.56 Å². The average molecular weight is 270 g/mol. The normalized spacial score (nSPS) is 18.5. The molecule has 0 N–H and O–H groups in total. The zero-order chi connectivity index (χ0) is 14.1. The zero-order valence-electron chi connectivity index (χ0n) is 11.8. The quantitative estimate of drug-likeness (QED) is 0.833. The van der Waals surface area contributed by atoms with E-state index >= 15 is 0 Å². The van der Waals surface area contributed by atoms with Gasteiger partial charge in [-0.2, -0.15) is 0 Å². The van der Waals surface area contributed by atoms with Gasteiger partial charge in [0.05, 0.1) is 5.69 Å². The highest BCUT2D eigenvalue weighted by atomic mass is 16.1. The van der Waals surface area contributed by atoms with Crippen molar-refractivity contribution in [3.05, 3.63) is 40.9 Å². The van der Waals surface area contributed by atoms with Crippen LogP contribution < -0.4 is 10.5 Å². The number of pyridine rings is 1. The minimum absolute atomic E-state index is 0.0265. The van der Waals surface area contributed by atoms with Gasteiger partial charge in [-0.3, -0.25) is 14.3 Å². The van der Waals surface area contributed by atoms with Crippen LogP contribution in [0.2, 0.25) is 0 Å². The Balaban J connectivity index is 2.06. The van der Waals surface area contributed by atoms with Gasteiger partial charge in [-0.15, -0.1) is 0 Å². The second-order valence-corrected chi connectivity index (χ2v) is 5.41. The fourth-order valence-electron chi connectivity index (χ4n) is 2.60. The third-order valence-corrected chi connectivity index (χ3v) is 3.79. The van der Waals surface area contributed by atoms with Gasteiger partial charge < -0.3 is 4.90 Å². The van der Waals surface area contributed by atoms with Gasteiger partial charge in [-0.1, -0.05) is 6.92 Å². The topological polar surface area (TPSA) is 51.0 Å². The van der Waals surface area contributed by atoms with Crippen molar-refractivity contribution in [2.75, 3.05) is 18.0 Å². The van der Waals surface area contributed by atoms with Crippen LogP contribution in [0, 0.1) is 5.92 Å². The number of nitrogens with zero attached hydrogens (tertiary/aromatic N) is 4. The summed E-state index contributed by atoms with van der Waals surface area (Å²) in [5, 5.41) is 0. The molecule has 1 fully saturated rings. The molecule has 2 aromatic rings. The van der Waals surface area contributed by atoms with Crippen molar-refractivity contribution in [2.24, 2.45) is 13.0 Å². The van der Waals surface area contributed by atoms with Crippen LogP contribution >= 0.6 is 0 Å². The Bertz CT molecular complexity index is 665. The lowest BCUT2D eigenvalue weighted by molar-refractivity contribution is 0.655. The lowest BCUT2D eigenvalue weighted by Crippen LogP contribution is -2.29. The van der Waals surface area contributed by atoms with Gasteiger partial charge in [0.1, 0.15) is 0 Å². The molecular weight excluding hydrogens is 252 g/mol. The Morgan fingerprint density at radius 2 is 2.05 bits per heavy atom. The lowest BCUT2D eigenvalue weighted by atomic mass is 10.2. The Morgan fingerprint density at radius 1 is 1.30 bits per heavy atom. The standard InChI is InChI=1S/C15H18N4O/c1-11-5-8-19(10-11)15-17-13(9-14(20)18(15)2)12-3-6-16-7-4-12/h3-4,6-7,9,11H,5,8,10H2,1-2H3/t11-/m1/s1. The van der Waals surface area contributed by atoms with E-state index in [9.17, 15) is 4.79 Å². The molecule has 3 rings (SSSR count). The summed E-state index contributed by atoms with van der Waals surface area (Å²) < 4.78 is 1.63. The largest absolute Gasteiger partial charge is 0.342 e. The van der Waals surface area contributed by atoms with Crippen molar-refractivity contribution in [2.45, 2.75) is 13.3 Å². The van der Waals surface area contributed by atoms with Gasteiger partial charge >= 0.3 is 0 Å². The van der Waals surface area contributed by atoms with Crippen LogP contribution in [-0.2, 0) is 7.05 Å². The molecule has 104 valence electrons. The first-order chi connectivity index (χ1) is 9.65. The fourth-order valence-corrected chi connectivity index (χ4v) is 2.60. The Morgan fingerprint density at radius 3 is 2.70 bits per heavy atom. The third kappa shape index (κ3) is 2.31. The van der Waals surface area contributed by atoms with Gasteiger partial charge in [0, 0.05) is 44.2 Å². The molecule has 0 unspecified atom stereocenters. The highest BCUT2D eigenvalue weighted by Gasteiger charge is 2.22. The van der Waals surface area contributed by atoms with Gasteiger partial charge in [0.15, 0.2) is 0 Å². The summed E-state index contributed by atoms with van der Waals surface area (Å²) in [4.78, 5) is 23.0. The molecule has 1 saturated heterocycles. The molecule has 0 spiro atoms. The van der Waals surface area contributed by atoms with E-state index in [1.807, 2.05) is 12.1 Å². The molecular formula is C15H18N4O. The van der Waals surface area contributed by atoms with Crippen molar-refractivity contribution in [1.82, 2.24) is 14.5 Å². The summed E-state index contributed by atoms with van der Waals surface area (Å²) >= 11 is 0. The monoisotopic (exact) mass is 270 g/mol. The number of hydrogen-bond acceptors (Lipinski definition) is 4. The molecule has 5 nitrogen and oxygen atoms in total. The van der Waals surface area contributed by atoms with Crippen LogP contribution in [0.1, 0.15) is 13.3 Å². The first-order valence-electron chi connectivity index (χ1n) is 6.88. The van der Waals surface area contributed by atoms with Gasteiger partial charge in [0.2, 0.25) is 5.95 Å². The minimum atomic E-state index is -0.0265. The predicted molar refractivity (Wildman–Crippen MR) is 78.7 cm³/mol. The second kappa shape index (κ2) is 5.07. The first kappa shape index (κ1) is 12.8. The van der Waals surface area contributed by atoms with E-state index in [4.69, 9.17) is 0 Å². The van der Waals surface area contributed by atoms with Crippen LogP contribution in [0.3, 0.4) is 0 Å². The third-order valence-electron chi connectivity index (χ3n) is 3.79. The van der Waals surface area contributed by atoms with E-state index in [1.165, 1.54) is 0 Å². The summed E-state index contributed by atoms with van der Waals surface area (Å²) in [5.74, 6) is 1.41. The van der Waals surface area contributed by atoms with Crippen molar-refractivity contribution < 1.29 is 0 Å². The van der Waals surface area contributed by atoms with E-state index < -0.39 is 0 Å². The van der Waals surface area contributed by atoms with Crippen molar-refractivity contribution in [3.63, 3.8) is 0 Å². The van der Waals surface area contributed by atoms with Crippen LogP contribution in [-0.4, -0.2) is 27.6 Å².